The van der Waals surface area contributed by atoms with Crippen molar-refractivity contribution in [2.24, 2.45) is 0 Å². The number of aryl methyl sites for hydroxylation is 1. The molecule has 2 aromatic rings. The molecule has 1 heterocycles. The number of carbonyl (C=O) groups is 3. The van der Waals surface area contributed by atoms with E-state index in [0.717, 1.165) is 16.0 Å². The Hall–Kier alpha value is -3.58. The topological polar surface area (TPSA) is 84.9 Å². The minimum atomic E-state index is -0.801. The van der Waals surface area contributed by atoms with E-state index in [1.807, 2.05) is 13.0 Å². The maximum atomic E-state index is 13.1. The summed E-state index contributed by atoms with van der Waals surface area (Å²) in [6.45, 7) is 7.49. The van der Waals surface area contributed by atoms with Crippen molar-refractivity contribution in [3.63, 3.8) is 0 Å². The highest BCUT2D eigenvalue weighted by atomic mass is 35.5. The molecule has 1 fully saturated rings. The van der Waals surface area contributed by atoms with Crippen molar-refractivity contribution in [1.82, 2.24) is 5.32 Å². The first kappa shape index (κ1) is 22.1. The number of nitrogens with zero attached hydrogens (tertiary/aromatic N) is 1. The van der Waals surface area contributed by atoms with Crippen LogP contribution in [0.1, 0.15) is 16.7 Å². The largest absolute Gasteiger partial charge is 0.493 e. The number of benzene rings is 2. The molecule has 0 bridgehead atoms. The predicted octanol–water partition coefficient (Wildman–Crippen LogP) is 4.20. The number of hydrogen-bond acceptors (Lipinski definition) is 5. The van der Waals surface area contributed by atoms with Crippen LogP contribution >= 0.6 is 11.6 Å². The summed E-state index contributed by atoms with van der Waals surface area (Å²) in [5.74, 6) is -0.881. The SMILES string of the molecule is C=CCOc1c(Cl)cc(/C=C2\C(=O)NC(=O)N(c3cccc(C)c3C)C2=O)cc1OC. The quantitative estimate of drug-likeness (QED) is 0.413. The minimum absolute atomic E-state index is 0.210. The number of ether oxygens (including phenoxy) is 2. The molecule has 2 aromatic carbocycles. The fourth-order valence-corrected chi connectivity index (χ4v) is 3.40. The van der Waals surface area contributed by atoms with Gasteiger partial charge in [-0.1, -0.05) is 36.4 Å². The smallest absolute Gasteiger partial charge is 0.335 e. The van der Waals surface area contributed by atoms with Crippen molar-refractivity contribution in [1.29, 1.82) is 0 Å². The number of nitrogens with one attached hydrogen (secondary N) is 1. The summed E-state index contributed by atoms with van der Waals surface area (Å²) in [7, 11) is 1.45. The third kappa shape index (κ3) is 4.32. The Morgan fingerprint density at radius 1 is 1.19 bits per heavy atom. The fourth-order valence-electron chi connectivity index (χ4n) is 3.13. The summed E-state index contributed by atoms with van der Waals surface area (Å²) < 4.78 is 10.8. The molecule has 160 valence electrons. The van der Waals surface area contributed by atoms with E-state index >= 15 is 0 Å². The lowest BCUT2D eigenvalue weighted by atomic mass is 10.0. The maximum absolute atomic E-state index is 13.1. The van der Waals surface area contributed by atoms with Crippen molar-refractivity contribution in [3.8, 4) is 11.5 Å². The highest BCUT2D eigenvalue weighted by Crippen LogP contribution is 2.37. The first-order chi connectivity index (χ1) is 14.8. The first-order valence-corrected chi connectivity index (χ1v) is 9.75. The van der Waals surface area contributed by atoms with E-state index in [9.17, 15) is 14.4 Å². The third-order valence-electron chi connectivity index (χ3n) is 4.83. The van der Waals surface area contributed by atoms with Gasteiger partial charge in [-0.15, -0.1) is 0 Å². The Labute approximate surface area is 184 Å². The van der Waals surface area contributed by atoms with Gasteiger partial charge in [-0.3, -0.25) is 14.9 Å². The van der Waals surface area contributed by atoms with Crippen LogP contribution in [0, 0.1) is 13.8 Å². The van der Waals surface area contributed by atoms with Crippen LogP contribution < -0.4 is 19.7 Å². The zero-order valence-corrected chi connectivity index (χ0v) is 18.1. The average molecular weight is 441 g/mol. The predicted molar refractivity (Wildman–Crippen MR) is 119 cm³/mol. The molecule has 0 aromatic heterocycles. The Kier molecular flexibility index (Phi) is 6.46. The fraction of sp³-hybridized carbons (Fsp3) is 0.174. The molecule has 1 aliphatic rings. The van der Waals surface area contributed by atoms with Gasteiger partial charge in [-0.25, -0.2) is 9.69 Å². The Morgan fingerprint density at radius 3 is 2.61 bits per heavy atom. The van der Waals surface area contributed by atoms with Gasteiger partial charge in [0.15, 0.2) is 11.5 Å². The van der Waals surface area contributed by atoms with E-state index in [4.69, 9.17) is 21.1 Å². The van der Waals surface area contributed by atoms with Crippen LogP contribution in [0.4, 0.5) is 10.5 Å². The molecule has 31 heavy (non-hydrogen) atoms. The molecule has 1 aliphatic heterocycles. The lowest BCUT2D eigenvalue weighted by Gasteiger charge is -2.28. The molecule has 0 unspecified atom stereocenters. The van der Waals surface area contributed by atoms with E-state index in [0.29, 0.717) is 22.7 Å². The molecule has 8 heteroatoms. The second-order valence-electron chi connectivity index (χ2n) is 6.81. The Bertz CT molecular complexity index is 1120. The highest BCUT2D eigenvalue weighted by Gasteiger charge is 2.37. The number of halogens is 1. The first-order valence-electron chi connectivity index (χ1n) is 9.37. The van der Waals surface area contributed by atoms with E-state index in [1.165, 1.54) is 19.3 Å². The number of methoxy groups -OCH3 is 1. The van der Waals surface area contributed by atoms with Gasteiger partial charge < -0.3 is 9.47 Å². The molecule has 4 amide bonds. The van der Waals surface area contributed by atoms with E-state index in [2.05, 4.69) is 11.9 Å². The van der Waals surface area contributed by atoms with Crippen LogP contribution in [0.5, 0.6) is 11.5 Å². The van der Waals surface area contributed by atoms with E-state index in [-0.39, 0.29) is 17.2 Å². The number of anilines is 1. The van der Waals surface area contributed by atoms with Gasteiger partial charge in [0.1, 0.15) is 12.2 Å². The third-order valence-corrected chi connectivity index (χ3v) is 5.11. The number of urea groups is 1. The zero-order chi connectivity index (χ0) is 22.7. The van der Waals surface area contributed by atoms with Crippen molar-refractivity contribution in [2.45, 2.75) is 13.8 Å². The number of amides is 4. The van der Waals surface area contributed by atoms with Crippen LogP contribution in [0.2, 0.25) is 5.02 Å². The van der Waals surface area contributed by atoms with Gasteiger partial charge in [0.05, 0.1) is 17.8 Å². The Balaban J connectivity index is 2.05. The van der Waals surface area contributed by atoms with Gasteiger partial charge in [0, 0.05) is 0 Å². The normalized spacial score (nSPS) is 15.2. The van der Waals surface area contributed by atoms with Crippen molar-refractivity contribution < 1.29 is 23.9 Å². The van der Waals surface area contributed by atoms with Gasteiger partial charge in [-0.2, -0.15) is 0 Å². The molecule has 7 nitrogen and oxygen atoms in total. The molecule has 1 N–H and O–H groups in total. The molecular weight excluding hydrogens is 420 g/mol. The van der Waals surface area contributed by atoms with Gasteiger partial charge >= 0.3 is 6.03 Å². The van der Waals surface area contributed by atoms with Crippen molar-refractivity contribution in [3.05, 3.63) is 70.3 Å². The van der Waals surface area contributed by atoms with Gasteiger partial charge in [-0.05, 0) is 54.8 Å². The molecule has 0 aliphatic carbocycles. The number of carbonyl (C=O) groups excluding carboxylic acids is 3. The number of barbiturate groups is 1. The number of rotatable bonds is 6. The summed E-state index contributed by atoms with van der Waals surface area (Å²) in [6.07, 6.45) is 2.92. The van der Waals surface area contributed by atoms with E-state index < -0.39 is 17.8 Å². The lowest BCUT2D eigenvalue weighted by Crippen LogP contribution is -2.54. The monoisotopic (exact) mass is 440 g/mol. The van der Waals surface area contributed by atoms with Crippen LogP contribution in [0.3, 0.4) is 0 Å². The minimum Gasteiger partial charge on any atom is -0.493 e. The van der Waals surface area contributed by atoms with Crippen LogP contribution in [-0.2, 0) is 9.59 Å². The van der Waals surface area contributed by atoms with Gasteiger partial charge in [0.2, 0.25) is 0 Å². The number of hydrogen-bond donors (Lipinski definition) is 1. The molecule has 0 atom stereocenters. The highest BCUT2D eigenvalue weighted by molar-refractivity contribution is 6.39. The standard InChI is InChI=1S/C23H21ClN2O5/c1-5-9-31-20-17(24)11-15(12-19(20)30-4)10-16-21(27)25-23(29)26(22(16)28)18-8-6-7-13(2)14(18)3/h5-8,10-12H,1,9H2,2-4H3,(H,25,27,29)/b16-10+. The van der Waals surface area contributed by atoms with Crippen molar-refractivity contribution >= 4 is 41.2 Å². The van der Waals surface area contributed by atoms with Crippen LogP contribution in [0.15, 0.2) is 48.6 Å². The van der Waals surface area contributed by atoms with Crippen LogP contribution in [-0.4, -0.2) is 31.6 Å². The maximum Gasteiger partial charge on any atom is 0.335 e. The van der Waals surface area contributed by atoms with Gasteiger partial charge in [0.25, 0.3) is 11.8 Å². The molecule has 1 saturated heterocycles. The summed E-state index contributed by atoms with van der Waals surface area (Å²) in [6, 6.07) is 7.58. The average Bonchev–Trinajstić information content (AvgIpc) is 2.73. The summed E-state index contributed by atoms with van der Waals surface area (Å²) >= 11 is 6.31. The summed E-state index contributed by atoms with van der Waals surface area (Å²) in [4.78, 5) is 39.0. The summed E-state index contributed by atoms with van der Waals surface area (Å²) in [5, 5.41) is 2.45. The van der Waals surface area contributed by atoms with Crippen molar-refractivity contribution in [2.75, 3.05) is 18.6 Å². The molecule has 0 radical (unpaired) electrons. The Morgan fingerprint density at radius 2 is 1.94 bits per heavy atom. The molecular formula is C23H21ClN2O5. The molecule has 0 saturated carbocycles. The molecule has 3 rings (SSSR count). The van der Waals surface area contributed by atoms with E-state index in [1.54, 1.807) is 31.2 Å². The number of imide groups is 2. The lowest BCUT2D eigenvalue weighted by molar-refractivity contribution is -0.122. The second-order valence-corrected chi connectivity index (χ2v) is 7.22. The van der Waals surface area contributed by atoms with Crippen LogP contribution in [0.25, 0.3) is 6.08 Å². The molecule has 0 spiro atoms. The second kappa shape index (κ2) is 9.06. The zero-order valence-electron chi connectivity index (χ0n) is 17.3. The summed E-state index contributed by atoms with van der Waals surface area (Å²) in [5.41, 5.74) is 2.30.